The van der Waals surface area contributed by atoms with Gasteiger partial charge in [-0.15, -0.1) is 0 Å². The highest BCUT2D eigenvalue weighted by Crippen LogP contribution is 2.13. The first kappa shape index (κ1) is 15.2. The number of urea groups is 1. The van der Waals surface area contributed by atoms with Gasteiger partial charge in [-0.05, 0) is 39.8 Å². The third-order valence-corrected chi connectivity index (χ3v) is 2.75. The molecule has 0 aromatic heterocycles. The summed E-state index contributed by atoms with van der Waals surface area (Å²) >= 11 is 0. The summed E-state index contributed by atoms with van der Waals surface area (Å²) in [5, 5.41) is 2.66. The smallest absolute Gasteiger partial charge is 0.320 e. The van der Waals surface area contributed by atoms with E-state index in [1.54, 1.807) is 29.2 Å². The Hall–Kier alpha value is -1.84. The number of nitrogens with one attached hydrogen (secondary N) is 1. The lowest BCUT2D eigenvalue weighted by atomic mass is 10.1. The Bertz CT molecular complexity index is 463. The van der Waals surface area contributed by atoms with Crippen LogP contribution in [0.1, 0.15) is 33.3 Å². The molecular formula is C15H21FN2O. The van der Waals surface area contributed by atoms with Gasteiger partial charge in [0, 0.05) is 23.8 Å². The maximum atomic E-state index is 13.4. The second-order valence-corrected chi connectivity index (χ2v) is 5.22. The molecule has 1 aromatic carbocycles. The van der Waals surface area contributed by atoms with Gasteiger partial charge >= 0.3 is 6.03 Å². The molecule has 104 valence electrons. The highest BCUT2D eigenvalue weighted by Gasteiger charge is 2.23. The van der Waals surface area contributed by atoms with Crippen LogP contribution in [0, 0.1) is 5.82 Å². The van der Waals surface area contributed by atoms with Crippen LogP contribution in [0.15, 0.2) is 30.5 Å². The normalized spacial score (nSPS) is 11.6. The molecule has 0 fully saturated rings. The van der Waals surface area contributed by atoms with E-state index in [4.69, 9.17) is 0 Å². The number of carbonyl (C=O) groups excluding carboxylic acids is 1. The number of hydrogen-bond acceptors (Lipinski definition) is 1. The first-order valence-electron chi connectivity index (χ1n) is 6.35. The van der Waals surface area contributed by atoms with Crippen molar-refractivity contribution < 1.29 is 9.18 Å². The Labute approximate surface area is 114 Å². The quantitative estimate of drug-likeness (QED) is 0.888. The summed E-state index contributed by atoms with van der Waals surface area (Å²) in [4.78, 5) is 13.7. The number of halogens is 1. The van der Waals surface area contributed by atoms with Crippen LogP contribution < -0.4 is 5.32 Å². The largest absolute Gasteiger partial charge is 0.321 e. The van der Waals surface area contributed by atoms with Crippen LogP contribution in [0.5, 0.6) is 0 Å². The van der Waals surface area contributed by atoms with Crippen molar-refractivity contribution in [3.8, 4) is 0 Å². The highest BCUT2D eigenvalue weighted by atomic mass is 19.1. The van der Waals surface area contributed by atoms with Crippen LogP contribution in [0.25, 0.3) is 6.08 Å². The van der Waals surface area contributed by atoms with Crippen LogP contribution in [-0.4, -0.2) is 23.0 Å². The van der Waals surface area contributed by atoms with Gasteiger partial charge in [0.1, 0.15) is 5.82 Å². The molecule has 4 heteroatoms. The number of amides is 2. The summed E-state index contributed by atoms with van der Waals surface area (Å²) in [5.74, 6) is -0.309. The average molecular weight is 264 g/mol. The monoisotopic (exact) mass is 264 g/mol. The third kappa shape index (κ3) is 4.39. The van der Waals surface area contributed by atoms with Gasteiger partial charge in [0.15, 0.2) is 0 Å². The van der Waals surface area contributed by atoms with E-state index in [0.29, 0.717) is 12.1 Å². The second-order valence-electron chi connectivity index (χ2n) is 5.22. The predicted octanol–water partition coefficient (Wildman–Crippen LogP) is 3.63. The summed E-state index contributed by atoms with van der Waals surface area (Å²) < 4.78 is 13.4. The summed E-state index contributed by atoms with van der Waals surface area (Å²) in [6, 6.07) is 6.22. The summed E-state index contributed by atoms with van der Waals surface area (Å²) in [5.41, 5.74) is 0.201. The molecule has 1 aromatic rings. The van der Waals surface area contributed by atoms with E-state index in [1.165, 1.54) is 12.3 Å². The zero-order valence-electron chi connectivity index (χ0n) is 11.9. The standard InChI is InChI=1S/C15H21FN2O/c1-5-18(15(2,3)4)14(19)17-11-10-12-8-6-7-9-13(12)16/h6-11H,5H2,1-4H3,(H,17,19)/b11-10+. The van der Waals surface area contributed by atoms with Crippen molar-refractivity contribution >= 4 is 12.1 Å². The molecule has 0 spiro atoms. The number of rotatable bonds is 3. The fourth-order valence-corrected chi connectivity index (χ4v) is 1.81. The van der Waals surface area contributed by atoms with Gasteiger partial charge in [-0.3, -0.25) is 0 Å². The Balaban J connectivity index is 2.67. The first-order valence-corrected chi connectivity index (χ1v) is 6.35. The number of nitrogens with zero attached hydrogens (tertiary/aromatic N) is 1. The van der Waals surface area contributed by atoms with Crippen LogP contribution in [0.3, 0.4) is 0 Å². The molecule has 0 radical (unpaired) electrons. The van der Waals surface area contributed by atoms with Gasteiger partial charge in [0.25, 0.3) is 0 Å². The van der Waals surface area contributed by atoms with E-state index in [-0.39, 0.29) is 17.4 Å². The van der Waals surface area contributed by atoms with E-state index in [0.717, 1.165) is 0 Å². The fraction of sp³-hybridized carbons (Fsp3) is 0.400. The molecule has 19 heavy (non-hydrogen) atoms. The second kappa shape index (κ2) is 6.36. The summed E-state index contributed by atoms with van der Waals surface area (Å²) in [7, 11) is 0. The molecule has 0 aliphatic heterocycles. The van der Waals surface area contributed by atoms with Crippen molar-refractivity contribution in [2.24, 2.45) is 0 Å². The average Bonchev–Trinajstić information content (AvgIpc) is 2.30. The minimum absolute atomic E-state index is 0.192. The van der Waals surface area contributed by atoms with E-state index in [1.807, 2.05) is 27.7 Å². The van der Waals surface area contributed by atoms with E-state index < -0.39 is 0 Å². The first-order chi connectivity index (χ1) is 8.86. The van der Waals surface area contributed by atoms with Crippen molar-refractivity contribution in [1.82, 2.24) is 10.2 Å². The lowest BCUT2D eigenvalue weighted by Gasteiger charge is -2.34. The molecule has 0 bridgehead atoms. The lowest BCUT2D eigenvalue weighted by molar-refractivity contribution is 0.153. The van der Waals surface area contributed by atoms with Crippen LogP contribution in [-0.2, 0) is 0 Å². The molecule has 1 N–H and O–H groups in total. The van der Waals surface area contributed by atoms with Crippen molar-refractivity contribution in [1.29, 1.82) is 0 Å². The summed E-state index contributed by atoms with van der Waals surface area (Å²) in [6.45, 7) is 8.44. The van der Waals surface area contributed by atoms with E-state index in [2.05, 4.69) is 5.32 Å². The molecule has 0 aliphatic carbocycles. The van der Waals surface area contributed by atoms with E-state index >= 15 is 0 Å². The molecule has 0 saturated heterocycles. The summed E-state index contributed by atoms with van der Waals surface area (Å²) in [6.07, 6.45) is 3.01. The molecule has 0 aliphatic rings. The van der Waals surface area contributed by atoms with Crippen molar-refractivity contribution in [2.45, 2.75) is 33.2 Å². The number of carbonyl (C=O) groups is 1. The van der Waals surface area contributed by atoms with Gasteiger partial charge in [-0.25, -0.2) is 9.18 Å². The molecule has 0 saturated carbocycles. The SMILES string of the molecule is CCN(C(=O)N/C=C/c1ccccc1F)C(C)(C)C. The third-order valence-electron chi connectivity index (χ3n) is 2.75. The topological polar surface area (TPSA) is 32.3 Å². The minimum atomic E-state index is -0.309. The van der Waals surface area contributed by atoms with Gasteiger partial charge in [-0.2, -0.15) is 0 Å². The molecule has 2 amide bonds. The van der Waals surface area contributed by atoms with Crippen molar-refractivity contribution in [3.05, 3.63) is 41.8 Å². The number of benzene rings is 1. The van der Waals surface area contributed by atoms with Gasteiger partial charge in [0.2, 0.25) is 0 Å². The van der Waals surface area contributed by atoms with Crippen LogP contribution >= 0.6 is 0 Å². The van der Waals surface area contributed by atoms with Gasteiger partial charge < -0.3 is 10.2 Å². The fourth-order valence-electron chi connectivity index (χ4n) is 1.81. The Kier molecular flexibility index (Phi) is 5.10. The van der Waals surface area contributed by atoms with Crippen molar-refractivity contribution in [3.63, 3.8) is 0 Å². The van der Waals surface area contributed by atoms with E-state index in [9.17, 15) is 9.18 Å². The molecule has 1 rings (SSSR count). The van der Waals surface area contributed by atoms with Crippen molar-refractivity contribution in [2.75, 3.05) is 6.54 Å². The molecule has 0 heterocycles. The zero-order valence-corrected chi connectivity index (χ0v) is 11.9. The molecular weight excluding hydrogens is 243 g/mol. The maximum Gasteiger partial charge on any atom is 0.321 e. The predicted molar refractivity (Wildman–Crippen MR) is 76.1 cm³/mol. The minimum Gasteiger partial charge on any atom is -0.320 e. The molecule has 3 nitrogen and oxygen atoms in total. The number of hydrogen-bond donors (Lipinski definition) is 1. The van der Waals surface area contributed by atoms with Gasteiger partial charge in [0.05, 0.1) is 0 Å². The lowest BCUT2D eigenvalue weighted by Crippen LogP contribution is -2.49. The molecule has 0 atom stereocenters. The van der Waals surface area contributed by atoms with Crippen LogP contribution in [0.4, 0.5) is 9.18 Å². The van der Waals surface area contributed by atoms with Crippen LogP contribution in [0.2, 0.25) is 0 Å². The Morgan fingerprint density at radius 1 is 1.37 bits per heavy atom. The molecule has 0 unspecified atom stereocenters. The highest BCUT2D eigenvalue weighted by molar-refractivity contribution is 5.76. The maximum absolute atomic E-state index is 13.4. The van der Waals surface area contributed by atoms with Gasteiger partial charge in [-0.1, -0.05) is 18.2 Å². The Morgan fingerprint density at radius 2 is 2.00 bits per heavy atom. The zero-order chi connectivity index (χ0) is 14.5. The Morgan fingerprint density at radius 3 is 2.53 bits per heavy atom.